The summed E-state index contributed by atoms with van der Waals surface area (Å²) < 4.78 is 5.93. The van der Waals surface area contributed by atoms with Crippen LogP contribution in [0.15, 0.2) is 65.8 Å². The maximum Gasteiger partial charge on any atom is 0.127 e. The zero-order valence-electron chi connectivity index (χ0n) is 15.7. The molecule has 3 aromatic carbocycles. The van der Waals surface area contributed by atoms with Crippen molar-refractivity contribution in [3.8, 4) is 11.5 Å². The van der Waals surface area contributed by atoms with Crippen molar-refractivity contribution >= 4 is 11.9 Å². The lowest BCUT2D eigenvalue weighted by Gasteiger charge is -2.08. The molecule has 0 aliphatic heterocycles. The van der Waals surface area contributed by atoms with E-state index in [1.165, 1.54) is 22.3 Å². The van der Waals surface area contributed by atoms with Crippen molar-refractivity contribution in [3.05, 3.63) is 88.5 Å². The van der Waals surface area contributed by atoms with Crippen LogP contribution < -0.4 is 10.2 Å². The van der Waals surface area contributed by atoms with E-state index in [1.807, 2.05) is 42.5 Å². The molecule has 132 valence electrons. The van der Waals surface area contributed by atoms with E-state index in [2.05, 4.69) is 56.4 Å². The molecule has 3 heteroatoms. The van der Waals surface area contributed by atoms with Crippen molar-refractivity contribution in [1.82, 2.24) is 0 Å². The van der Waals surface area contributed by atoms with Gasteiger partial charge in [0.25, 0.3) is 0 Å². The van der Waals surface area contributed by atoms with Crippen molar-refractivity contribution in [2.75, 3.05) is 5.43 Å². The van der Waals surface area contributed by atoms with Crippen molar-refractivity contribution in [2.45, 2.75) is 27.7 Å². The first-order valence-electron chi connectivity index (χ1n) is 8.72. The van der Waals surface area contributed by atoms with Crippen LogP contribution in [0.25, 0.3) is 0 Å². The number of ether oxygens (including phenoxy) is 1. The molecular formula is C23H24N2O. The van der Waals surface area contributed by atoms with Crippen LogP contribution in [0.2, 0.25) is 0 Å². The molecule has 0 saturated heterocycles. The van der Waals surface area contributed by atoms with Crippen LogP contribution in [-0.4, -0.2) is 6.21 Å². The van der Waals surface area contributed by atoms with Gasteiger partial charge in [-0.2, -0.15) is 5.10 Å². The Morgan fingerprint density at radius 3 is 2.08 bits per heavy atom. The van der Waals surface area contributed by atoms with Crippen molar-refractivity contribution in [1.29, 1.82) is 0 Å². The highest BCUT2D eigenvalue weighted by molar-refractivity contribution is 5.80. The van der Waals surface area contributed by atoms with E-state index >= 15 is 0 Å². The largest absolute Gasteiger partial charge is 0.457 e. The minimum atomic E-state index is 0.814. The first-order chi connectivity index (χ1) is 12.5. The summed E-state index contributed by atoms with van der Waals surface area (Å²) in [6.45, 7) is 8.34. The van der Waals surface area contributed by atoms with E-state index in [0.29, 0.717) is 0 Å². The average molecular weight is 344 g/mol. The average Bonchev–Trinajstić information content (AvgIpc) is 2.59. The molecule has 0 atom stereocenters. The van der Waals surface area contributed by atoms with E-state index in [-0.39, 0.29) is 0 Å². The van der Waals surface area contributed by atoms with Gasteiger partial charge in [0, 0.05) is 0 Å². The van der Waals surface area contributed by atoms with Crippen LogP contribution in [0.5, 0.6) is 11.5 Å². The van der Waals surface area contributed by atoms with Gasteiger partial charge in [-0.05, 0) is 104 Å². The molecule has 3 rings (SSSR count). The van der Waals surface area contributed by atoms with Crippen LogP contribution in [0.1, 0.15) is 27.8 Å². The third-order valence-electron chi connectivity index (χ3n) is 4.23. The number of hydrogen-bond donors (Lipinski definition) is 1. The van der Waals surface area contributed by atoms with Gasteiger partial charge >= 0.3 is 0 Å². The molecule has 0 bridgehead atoms. The van der Waals surface area contributed by atoms with Gasteiger partial charge in [-0.1, -0.05) is 12.1 Å². The third-order valence-corrected chi connectivity index (χ3v) is 4.23. The summed E-state index contributed by atoms with van der Waals surface area (Å²) in [6, 6.07) is 20.3. The fourth-order valence-electron chi connectivity index (χ4n) is 2.74. The Morgan fingerprint density at radius 2 is 1.42 bits per heavy atom. The van der Waals surface area contributed by atoms with Crippen LogP contribution in [0, 0.1) is 27.7 Å². The second-order valence-electron chi connectivity index (χ2n) is 6.66. The second kappa shape index (κ2) is 7.87. The molecule has 0 aliphatic rings. The Hall–Kier alpha value is -3.07. The van der Waals surface area contributed by atoms with Crippen LogP contribution in [-0.2, 0) is 0 Å². The van der Waals surface area contributed by atoms with Crippen molar-refractivity contribution in [3.63, 3.8) is 0 Å². The molecule has 3 aromatic rings. The second-order valence-corrected chi connectivity index (χ2v) is 6.66. The van der Waals surface area contributed by atoms with Gasteiger partial charge in [0.15, 0.2) is 0 Å². The lowest BCUT2D eigenvalue weighted by Crippen LogP contribution is -1.92. The topological polar surface area (TPSA) is 33.6 Å². The highest BCUT2D eigenvalue weighted by Gasteiger charge is 2.00. The number of hydrazone groups is 1. The van der Waals surface area contributed by atoms with Gasteiger partial charge in [0.1, 0.15) is 11.5 Å². The smallest absolute Gasteiger partial charge is 0.127 e. The maximum atomic E-state index is 5.93. The number of hydrogen-bond acceptors (Lipinski definition) is 3. The number of anilines is 1. The SMILES string of the molecule is Cc1cc(C)cc(Oc2ccc(C=NNc3ccc(C)c(C)c3)cc2)c1. The molecule has 26 heavy (non-hydrogen) atoms. The lowest BCUT2D eigenvalue weighted by molar-refractivity contribution is 0.482. The van der Waals surface area contributed by atoms with Crippen LogP contribution >= 0.6 is 0 Å². The Labute approximate surface area is 155 Å². The van der Waals surface area contributed by atoms with E-state index in [1.54, 1.807) is 6.21 Å². The van der Waals surface area contributed by atoms with E-state index in [9.17, 15) is 0 Å². The van der Waals surface area contributed by atoms with Gasteiger partial charge in [-0.3, -0.25) is 5.43 Å². The first kappa shape index (κ1) is 17.7. The van der Waals surface area contributed by atoms with Gasteiger partial charge in [0.05, 0.1) is 11.9 Å². The predicted molar refractivity (Wildman–Crippen MR) is 110 cm³/mol. The van der Waals surface area contributed by atoms with Gasteiger partial charge < -0.3 is 4.74 Å². The molecule has 0 radical (unpaired) electrons. The molecule has 0 unspecified atom stereocenters. The van der Waals surface area contributed by atoms with Crippen molar-refractivity contribution in [2.24, 2.45) is 5.10 Å². The maximum absolute atomic E-state index is 5.93. The summed E-state index contributed by atoms with van der Waals surface area (Å²) in [5, 5.41) is 4.30. The van der Waals surface area contributed by atoms with Crippen LogP contribution in [0.3, 0.4) is 0 Å². The number of rotatable bonds is 5. The molecule has 0 amide bonds. The summed E-state index contributed by atoms with van der Waals surface area (Å²) in [5.74, 6) is 1.68. The predicted octanol–water partition coefficient (Wildman–Crippen LogP) is 6.16. The number of nitrogens with one attached hydrogen (secondary N) is 1. The molecule has 3 nitrogen and oxygen atoms in total. The monoisotopic (exact) mass is 344 g/mol. The Morgan fingerprint density at radius 1 is 0.731 bits per heavy atom. The number of benzene rings is 3. The minimum Gasteiger partial charge on any atom is -0.457 e. The summed E-state index contributed by atoms with van der Waals surface area (Å²) in [6.07, 6.45) is 1.80. The zero-order valence-corrected chi connectivity index (χ0v) is 15.7. The Bertz CT molecular complexity index is 907. The van der Waals surface area contributed by atoms with E-state index < -0.39 is 0 Å². The fraction of sp³-hybridized carbons (Fsp3) is 0.174. The standard InChI is InChI=1S/C23H24N2O/c1-16-11-17(2)13-23(12-16)26-22-9-6-20(7-10-22)15-24-25-21-8-5-18(3)19(4)14-21/h5-15,25H,1-4H3. The quantitative estimate of drug-likeness (QED) is 0.444. The molecule has 0 spiro atoms. The molecule has 1 N–H and O–H groups in total. The molecule has 0 heterocycles. The molecule has 0 saturated carbocycles. The number of aryl methyl sites for hydroxylation is 4. The van der Waals surface area contributed by atoms with Crippen molar-refractivity contribution < 1.29 is 4.74 Å². The Balaban J connectivity index is 1.62. The third kappa shape index (κ3) is 4.73. The molecular weight excluding hydrogens is 320 g/mol. The summed E-state index contributed by atoms with van der Waals surface area (Å²) in [5.41, 5.74) is 9.98. The lowest BCUT2D eigenvalue weighted by atomic mass is 10.1. The first-order valence-corrected chi connectivity index (χ1v) is 8.72. The zero-order chi connectivity index (χ0) is 18.5. The van der Waals surface area contributed by atoms with Gasteiger partial charge in [-0.25, -0.2) is 0 Å². The summed E-state index contributed by atoms with van der Waals surface area (Å²) in [7, 11) is 0. The fourth-order valence-corrected chi connectivity index (χ4v) is 2.74. The molecule has 0 aliphatic carbocycles. The number of nitrogens with zero attached hydrogens (tertiary/aromatic N) is 1. The molecule has 0 aromatic heterocycles. The van der Waals surface area contributed by atoms with Gasteiger partial charge in [-0.15, -0.1) is 0 Å². The summed E-state index contributed by atoms with van der Waals surface area (Å²) >= 11 is 0. The van der Waals surface area contributed by atoms with E-state index in [4.69, 9.17) is 4.74 Å². The summed E-state index contributed by atoms with van der Waals surface area (Å²) in [4.78, 5) is 0. The highest BCUT2D eigenvalue weighted by atomic mass is 16.5. The Kier molecular flexibility index (Phi) is 5.37. The van der Waals surface area contributed by atoms with Gasteiger partial charge in [0.2, 0.25) is 0 Å². The minimum absolute atomic E-state index is 0.814. The molecule has 0 fully saturated rings. The normalized spacial score (nSPS) is 10.9. The van der Waals surface area contributed by atoms with Crippen LogP contribution in [0.4, 0.5) is 5.69 Å². The van der Waals surface area contributed by atoms with E-state index in [0.717, 1.165) is 22.7 Å². The highest BCUT2D eigenvalue weighted by Crippen LogP contribution is 2.24.